The second kappa shape index (κ2) is 8.58. The summed E-state index contributed by atoms with van der Waals surface area (Å²) < 4.78 is 49.0. The summed E-state index contributed by atoms with van der Waals surface area (Å²) in [5.74, 6) is -0.120. The summed E-state index contributed by atoms with van der Waals surface area (Å²) in [5, 5.41) is 0. The number of benzene rings is 1. The standard InChI is InChI=1S/C25H25F3N4O3/c1-15-12-30(14-29-15)21-5-6-22-24(34)31(16(2)13-32(22)23(21)33)8-7-17-9-18(25(26,27)28)11-20(10-17)35-19-3-4-19/h5-6,9-12,14,16,19H,3-4,7-8,13H2,1-2H3/t16-/m1/s1. The summed E-state index contributed by atoms with van der Waals surface area (Å²) in [5.41, 5.74) is 0.819. The van der Waals surface area contributed by atoms with Gasteiger partial charge in [0, 0.05) is 25.3 Å². The average Bonchev–Trinajstić information content (AvgIpc) is 3.50. The quantitative estimate of drug-likeness (QED) is 0.529. The summed E-state index contributed by atoms with van der Waals surface area (Å²) in [4.78, 5) is 32.1. The molecule has 1 aromatic carbocycles. The lowest BCUT2D eigenvalue weighted by Crippen LogP contribution is -2.50. The van der Waals surface area contributed by atoms with E-state index in [1.54, 1.807) is 40.2 Å². The second-order valence-electron chi connectivity index (χ2n) is 9.22. The minimum Gasteiger partial charge on any atom is -0.490 e. The van der Waals surface area contributed by atoms with Crippen LogP contribution in [0.4, 0.5) is 13.2 Å². The number of nitrogens with zero attached hydrogens (tertiary/aromatic N) is 4. The molecular formula is C25H25F3N4O3. The molecule has 1 saturated carbocycles. The molecule has 1 aliphatic heterocycles. The highest BCUT2D eigenvalue weighted by atomic mass is 19.4. The maximum Gasteiger partial charge on any atom is 0.416 e. The Morgan fingerprint density at radius 3 is 2.57 bits per heavy atom. The highest BCUT2D eigenvalue weighted by Gasteiger charge is 2.34. The van der Waals surface area contributed by atoms with E-state index in [0.717, 1.165) is 30.7 Å². The molecule has 0 unspecified atom stereocenters. The van der Waals surface area contributed by atoms with E-state index in [9.17, 15) is 22.8 Å². The number of imidazole rings is 1. The van der Waals surface area contributed by atoms with Gasteiger partial charge in [-0.25, -0.2) is 4.98 Å². The van der Waals surface area contributed by atoms with E-state index in [2.05, 4.69) is 4.98 Å². The maximum atomic E-state index is 13.4. The van der Waals surface area contributed by atoms with E-state index < -0.39 is 11.7 Å². The van der Waals surface area contributed by atoms with Gasteiger partial charge in [-0.05, 0) is 69.0 Å². The van der Waals surface area contributed by atoms with Crippen molar-refractivity contribution in [2.75, 3.05) is 6.54 Å². The van der Waals surface area contributed by atoms with Crippen molar-refractivity contribution < 1.29 is 22.7 Å². The van der Waals surface area contributed by atoms with E-state index in [1.807, 2.05) is 13.8 Å². The lowest BCUT2D eigenvalue weighted by Gasteiger charge is -2.35. The monoisotopic (exact) mass is 486 g/mol. The number of alkyl halides is 3. The van der Waals surface area contributed by atoms with Gasteiger partial charge >= 0.3 is 6.18 Å². The predicted molar refractivity (Wildman–Crippen MR) is 122 cm³/mol. The fourth-order valence-corrected chi connectivity index (χ4v) is 4.38. The van der Waals surface area contributed by atoms with Gasteiger partial charge in [-0.3, -0.25) is 9.59 Å². The Hall–Kier alpha value is -3.56. The van der Waals surface area contributed by atoms with E-state index >= 15 is 0 Å². The van der Waals surface area contributed by atoms with Crippen LogP contribution in [0.2, 0.25) is 0 Å². The van der Waals surface area contributed by atoms with Crippen LogP contribution in [-0.2, 0) is 19.1 Å². The van der Waals surface area contributed by atoms with Crippen LogP contribution in [0.15, 0.2) is 47.7 Å². The SMILES string of the molecule is Cc1cn(-c2ccc3n(c2=O)C[C@@H](C)N(CCc2cc(OC4CC4)cc(C(F)(F)F)c2)C3=O)cn1. The van der Waals surface area contributed by atoms with Crippen molar-refractivity contribution in [3.05, 3.63) is 75.7 Å². The minimum atomic E-state index is -4.49. The summed E-state index contributed by atoms with van der Waals surface area (Å²) in [6.07, 6.45) is 0.685. The van der Waals surface area contributed by atoms with Crippen LogP contribution in [0.3, 0.4) is 0 Å². The van der Waals surface area contributed by atoms with Gasteiger partial charge in [0.1, 0.15) is 17.1 Å². The molecule has 0 bridgehead atoms. The van der Waals surface area contributed by atoms with E-state index in [0.29, 0.717) is 17.8 Å². The topological polar surface area (TPSA) is 69.4 Å². The van der Waals surface area contributed by atoms with Gasteiger partial charge in [-0.1, -0.05) is 0 Å². The zero-order valence-electron chi connectivity index (χ0n) is 19.4. The number of fused-ring (bicyclic) bond motifs is 1. The van der Waals surface area contributed by atoms with Gasteiger partial charge in [0.15, 0.2) is 0 Å². The predicted octanol–water partition coefficient (Wildman–Crippen LogP) is 3.99. The number of aryl methyl sites for hydroxylation is 1. The Kier molecular flexibility index (Phi) is 5.69. The molecule has 0 N–H and O–H groups in total. The lowest BCUT2D eigenvalue weighted by atomic mass is 10.0. The Morgan fingerprint density at radius 2 is 1.91 bits per heavy atom. The Bertz CT molecular complexity index is 1340. The van der Waals surface area contributed by atoms with Gasteiger partial charge in [-0.2, -0.15) is 13.2 Å². The molecule has 2 aliphatic rings. The van der Waals surface area contributed by atoms with Crippen molar-refractivity contribution in [3.63, 3.8) is 0 Å². The van der Waals surface area contributed by atoms with E-state index in [1.165, 1.54) is 4.57 Å². The molecule has 2 aromatic heterocycles. The smallest absolute Gasteiger partial charge is 0.416 e. The molecule has 0 saturated heterocycles. The van der Waals surface area contributed by atoms with Crippen LogP contribution in [0.5, 0.6) is 5.75 Å². The van der Waals surface area contributed by atoms with Crippen LogP contribution in [0, 0.1) is 6.92 Å². The molecule has 1 amide bonds. The molecule has 3 aromatic rings. The number of hydrogen-bond donors (Lipinski definition) is 0. The summed E-state index contributed by atoms with van der Waals surface area (Å²) >= 11 is 0. The molecule has 184 valence electrons. The summed E-state index contributed by atoms with van der Waals surface area (Å²) in [6.45, 7) is 4.16. The van der Waals surface area contributed by atoms with E-state index in [4.69, 9.17) is 4.74 Å². The second-order valence-corrected chi connectivity index (χ2v) is 9.22. The Morgan fingerprint density at radius 1 is 1.14 bits per heavy atom. The first-order valence-corrected chi connectivity index (χ1v) is 11.5. The molecule has 10 heteroatoms. The van der Waals surface area contributed by atoms with Crippen LogP contribution < -0.4 is 10.3 Å². The zero-order valence-corrected chi connectivity index (χ0v) is 19.4. The van der Waals surface area contributed by atoms with Gasteiger partial charge in [-0.15, -0.1) is 0 Å². The number of hydrogen-bond acceptors (Lipinski definition) is 4. The molecule has 0 spiro atoms. The van der Waals surface area contributed by atoms with Gasteiger partial charge in [0.2, 0.25) is 0 Å². The van der Waals surface area contributed by atoms with E-state index in [-0.39, 0.29) is 48.0 Å². The number of carbonyl (C=O) groups excluding carboxylic acids is 1. The molecular weight excluding hydrogens is 461 g/mol. The van der Waals surface area contributed by atoms with Crippen molar-refractivity contribution in [2.24, 2.45) is 0 Å². The van der Waals surface area contributed by atoms with Crippen molar-refractivity contribution in [1.82, 2.24) is 19.0 Å². The molecule has 0 radical (unpaired) electrons. The minimum absolute atomic E-state index is 0.0269. The third kappa shape index (κ3) is 4.69. The number of aromatic nitrogens is 3. The number of carbonyl (C=O) groups is 1. The molecule has 7 nitrogen and oxygen atoms in total. The molecule has 1 aliphatic carbocycles. The van der Waals surface area contributed by atoms with Crippen LogP contribution >= 0.6 is 0 Å². The number of rotatable bonds is 6. The van der Waals surface area contributed by atoms with Crippen molar-refractivity contribution in [2.45, 2.75) is 58.0 Å². The average molecular weight is 486 g/mol. The summed E-state index contributed by atoms with van der Waals surface area (Å²) in [7, 11) is 0. The largest absolute Gasteiger partial charge is 0.490 e. The first kappa shape index (κ1) is 23.2. The van der Waals surface area contributed by atoms with Crippen molar-refractivity contribution in [1.29, 1.82) is 0 Å². The Labute approximate surface area is 199 Å². The highest BCUT2D eigenvalue weighted by Crippen LogP contribution is 2.35. The molecule has 5 rings (SSSR count). The molecule has 1 atom stereocenters. The van der Waals surface area contributed by atoms with Gasteiger partial charge in [0.25, 0.3) is 11.5 Å². The molecule has 3 heterocycles. The van der Waals surface area contributed by atoms with Crippen molar-refractivity contribution >= 4 is 5.91 Å². The van der Waals surface area contributed by atoms with Crippen LogP contribution in [0.25, 0.3) is 5.69 Å². The molecule has 1 fully saturated rings. The fraction of sp³-hybridized carbons (Fsp3) is 0.400. The summed E-state index contributed by atoms with van der Waals surface area (Å²) in [6, 6.07) is 6.65. The van der Waals surface area contributed by atoms with Crippen molar-refractivity contribution in [3.8, 4) is 11.4 Å². The number of halogens is 3. The number of ether oxygens (including phenoxy) is 1. The highest BCUT2D eigenvalue weighted by molar-refractivity contribution is 5.93. The third-order valence-corrected chi connectivity index (χ3v) is 6.36. The van der Waals surface area contributed by atoms with Gasteiger partial charge < -0.3 is 18.8 Å². The van der Waals surface area contributed by atoms with Crippen LogP contribution in [-0.4, -0.2) is 43.6 Å². The Balaban J connectivity index is 1.38. The number of pyridine rings is 1. The van der Waals surface area contributed by atoms with Crippen LogP contribution in [0.1, 0.15) is 47.1 Å². The third-order valence-electron chi connectivity index (χ3n) is 6.36. The molecule has 35 heavy (non-hydrogen) atoms. The first-order valence-electron chi connectivity index (χ1n) is 11.5. The maximum absolute atomic E-state index is 13.4. The lowest BCUT2D eigenvalue weighted by molar-refractivity contribution is -0.137. The van der Waals surface area contributed by atoms with Gasteiger partial charge in [0.05, 0.1) is 23.7 Å². The zero-order chi connectivity index (χ0) is 24.9. The normalized spacial score (nSPS) is 18.0. The number of amides is 1. The fourth-order valence-electron chi connectivity index (χ4n) is 4.38. The first-order chi connectivity index (χ1) is 16.6.